The van der Waals surface area contributed by atoms with Crippen molar-refractivity contribution in [1.82, 2.24) is 4.90 Å². The van der Waals surface area contributed by atoms with Gasteiger partial charge in [0.25, 0.3) is 5.91 Å². The predicted molar refractivity (Wildman–Crippen MR) is 156 cm³/mol. The first kappa shape index (κ1) is 29.7. The van der Waals surface area contributed by atoms with Crippen molar-refractivity contribution < 1.29 is 24.2 Å². The number of carbonyl (C=O) groups excluding carboxylic acids is 3. The van der Waals surface area contributed by atoms with E-state index in [0.29, 0.717) is 23.6 Å². The summed E-state index contributed by atoms with van der Waals surface area (Å²) in [6.07, 6.45) is 4.37. The second-order valence-electron chi connectivity index (χ2n) is 11.3. The van der Waals surface area contributed by atoms with E-state index in [1.807, 2.05) is 32.9 Å². The van der Waals surface area contributed by atoms with E-state index >= 15 is 0 Å². The summed E-state index contributed by atoms with van der Waals surface area (Å²) < 4.78 is 4.63. The maximum absolute atomic E-state index is 14.8. The maximum Gasteiger partial charge on any atom is 0.311 e. The number of aliphatic hydroxyl groups is 1. The van der Waals surface area contributed by atoms with E-state index in [1.165, 1.54) is 6.08 Å². The van der Waals surface area contributed by atoms with Crippen molar-refractivity contribution in [2.45, 2.75) is 62.6 Å². The minimum atomic E-state index is -0.885. The van der Waals surface area contributed by atoms with Crippen LogP contribution in [-0.4, -0.2) is 69.6 Å². The second kappa shape index (κ2) is 11.7. The average molecular weight is 575 g/mol. The third kappa shape index (κ3) is 4.82. The number of nitrogens with zero attached hydrogens (tertiary/aromatic N) is 2. The predicted octanol–water partition coefficient (Wildman–Crippen LogP) is 4.64. The summed E-state index contributed by atoms with van der Waals surface area (Å²) in [5, 5.41) is 10.8. The zero-order valence-corrected chi connectivity index (χ0v) is 24.7. The molecule has 0 aromatic heterocycles. The Hall–Kier alpha value is -2.29. The van der Waals surface area contributed by atoms with E-state index in [0.717, 1.165) is 5.56 Å². The van der Waals surface area contributed by atoms with Crippen molar-refractivity contribution in [1.29, 1.82) is 0 Å². The minimum absolute atomic E-state index is 0.0137. The van der Waals surface area contributed by atoms with Crippen molar-refractivity contribution in [3.8, 4) is 0 Å². The van der Waals surface area contributed by atoms with E-state index in [-0.39, 0.29) is 48.7 Å². The Bertz CT molecular complexity index is 1140. The monoisotopic (exact) mass is 574 g/mol. The molecule has 4 rings (SSSR count). The van der Waals surface area contributed by atoms with Gasteiger partial charge in [-0.2, -0.15) is 0 Å². The van der Waals surface area contributed by atoms with Crippen molar-refractivity contribution in [2.75, 3.05) is 24.7 Å². The van der Waals surface area contributed by atoms with Crippen LogP contribution in [0.3, 0.4) is 0 Å². The molecular formula is C30H39ClN2O5S. The Labute approximate surface area is 240 Å². The van der Waals surface area contributed by atoms with Crippen LogP contribution >= 0.6 is 23.4 Å². The lowest BCUT2D eigenvalue weighted by molar-refractivity contribution is -0.154. The number of hydrogen-bond acceptors (Lipinski definition) is 6. The number of ether oxygens (including phenoxy) is 1. The summed E-state index contributed by atoms with van der Waals surface area (Å²) in [4.78, 5) is 45.8. The van der Waals surface area contributed by atoms with E-state index < -0.39 is 34.6 Å². The van der Waals surface area contributed by atoms with Crippen LogP contribution in [0.1, 0.15) is 39.2 Å². The molecule has 1 spiro atoms. The molecule has 3 heterocycles. The Balaban J connectivity index is 1.88. The molecule has 2 amide bonds. The van der Waals surface area contributed by atoms with Crippen molar-refractivity contribution in [2.24, 2.45) is 23.7 Å². The summed E-state index contributed by atoms with van der Waals surface area (Å²) in [5.74, 6) is -2.18. The lowest BCUT2D eigenvalue weighted by Crippen LogP contribution is -2.59. The highest BCUT2D eigenvalue weighted by molar-refractivity contribution is 8.02. The molecule has 7 atom stereocenters. The van der Waals surface area contributed by atoms with Crippen LogP contribution in [0.2, 0.25) is 5.02 Å². The molecule has 3 fully saturated rings. The van der Waals surface area contributed by atoms with Crippen LogP contribution in [0.15, 0.2) is 43.5 Å². The van der Waals surface area contributed by atoms with Gasteiger partial charge in [0.2, 0.25) is 5.91 Å². The fourth-order valence-corrected chi connectivity index (χ4v) is 9.70. The molecule has 39 heavy (non-hydrogen) atoms. The highest BCUT2D eigenvalue weighted by Gasteiger charge is 2.77. The molecule has 0 saturated carbocycles. The minimum Gasteiger partial charge on any atom is -0.461 e. The average Bonchev–Trinajstić information content (AvgIpc) is 3.48. The van der Waals surface area contributed by atoms with Crippen LogP contribution in [0.25, 0.3) is 0 Å². The first-order chi connectivity index (χ1) is 18.5. The van der Waals surface area contributed by atoms with Gasteiger partial charge in [-0.15, -0.1) is 18.3 Å². The first-order valence-electron chi connectivity index (χ1n) is 13.6. The third-order valence-corrected chi connectivity index (χ3v) is 10.8. The van der Waals surface area contributed by atoms with Gasteiger partial charge in [0.1, 0.15) is 12.6 Å². The number of aliphatic hydroxyl groups excluding tert-OH is 1. The van der Waals surface area contributed by atoms with E-state index in [2.05, 4.69) is 20.1 Å². The summed E-state index contributed by atoms with van der Waals surface area (Å²) in [6.45, 7) is 15.5. The lowest BCUT2D eigenvalue weighted by Gasteiger charge is -2.42. The van der Waals surface area contributed by atoms with Gasteiger partial charge in [0.05, 0.1) is 39.9 Å². The van der Waals surface area contributed by atoms with Crippen LogP contribution in [0, 0.1) is 30.6 Å². The molecule has 9 heteroatoms. The van der Waals surface area contributed by atoms with Gasteiger partial charge in [-0.05, 0) is 43.2 Å². The Morgan fingerprint density at radius 3 is 2.64 bits per heavy atom. The van der Waals surface area contributed by atoms with Crippen LogP contribution < -0.4 is 4.90 Å². The number of fused-ring (bicyclic) bond motifs is 1. The van der Waals surface area contributed by atoms with Gasteiger partial charge in [-0.1, -0.05) is 63.2 Å². The number of anilines is 1. The largest absolute Gasteiger partial charge is 0.461 e. The Morgan fingerprint density at radius 1 is 1.33 bits per heavy atom. The van der Waals surface area contributed by atoms with Gasteiger partial charge < -0.3 is 19.6 Å². The lowest BCUT2D eigenvalue weighted by atomic mass is 9.66. The van der Waals surface area contributed by atoms with Gasteiger partial charge in [0.15, 0.2) is 0 Å². The van der Waals surface area contributed by atoms with E-state index in [4.69, 9.17) is 16.3 Å². The highest BCUT2D eigenvalue weighted by atomic mass is 35.5. The number of benzene rings is 1. The fourth-order valence-electron chi connectivity index (χ4n) is 6.99. The molecule has 1 aromatic rings. The molecule has 2 bridgehead atoms. The number of thioether (sulfide) groups is 1. The number of rotatable bonds is 11. The number of hydrogen-bond donors (Lipinski definition) is 1. The number of amides is 2. The zero-order valence-electron chi connectivity index (χ0n) is 23.1. The SMILES string of the molecule is C=CCOC(=O)[C@@H]1[C@H]2C(=O)N([C@@H](CO)CC(C)C)C(C(=O)N(CC=C)c3c(C)cccc3Cl)C23S[C@@H]1CC3C. The van der Waals surface area contributed by atoms with Gasteiger partial charge >= 0.3 is 5.97 Å². The topological polar surface area (TPSA) is 87.1 Å². The molecular weight excluding hydrogens is 536 g/mol. The van der Waals surface area contributed by atoms with Crippen molar-refractivity contribution in [3.63, 3.8) is 0 Å². The van der Waals surface area contributed by atoms with E-state index in [9.17, 15) is 19.5 Å². The molecule has 0 aliphatic carbocycles. The summed E-state index contributed by atoms with van der Waals surface area (Å²) in [5.41, 5.74) is 1.40. The number of halogens is 1. The molecule has 1 N–H and O–H groups in total. The van der Waals surface area contributed by atoms with Gasteiger partial charge in [0, 0.05) is 11.8 Å². The van der Waals surface area contributed by atoms with Crippen LogP contribution in [0.5, 0.6) is 0 Å². The normalized spacial score (nSPS) is 29.9. The van der Waals surface area contributed by atoms with Gasteiger partial charge in [-0.3, -0.25) is 14.4 Å². The number of aryl methyl sites for hydroxylation is 1. The Morgan fingerprint density at radius 2 is 2.05 bits per heavy atom. The number of likely N-dealkylation sites (tertiary alicyclic amines) is 1. The Kier molecular flexibility index (Phi) is 8.89. The van der Waals surface area contributed by atoms with Crippen molar-refractivity contribution in [3.05, 3.63) is 54.1 Å². The molecule has 0 radical (unpaired) electrons. The molecule has 1 aromatic carbocycles. The molecule has 3 aliphatic heterocycles. The van der Waals surface area contributed by atoms with Crippen LogP contribution in [-0.2, 0) is 19.1 Å². The smallest absolute Gasteiger partial charge is 0.311 e. The molecule has 3 unspecified atom stereocenters. The van der Waals surface area contributed by atoms with Gasteiger partial charge in [-0.25, -0.2) is 0 Å². The number of esters is 1. The van der Waals surface area contributed by atoms with E-state index in [1.54, 1.807) is 33.7 Å². The summed E-state index contributed by atoms with van der Waals surface area (Å²) in [7, 11) is 0. The second-order valence-corrected chi connectivity index (χ2v) is 13.3. The van der Waals surface area contributed by atoms with Crippen LogP contribution in [0.4, 0.5) is 5.69 Å². The van der Waals surface area contributed by atoms with Crippen molar-refractivity contribution >= 4 is 46.8 Å². The molecule has 3 aliphatic rings. The maximum atomic E-state index is 14.8. The summed E-state index contributed by atoms with van der Waals surface area (Å²) >= 11 is 8.22. The zero-order chi connectivity index (χ0) is 28.6. The first-order valence-corrected chi connectivity index (χ1v) is 14.9. The molecule has 212 valence electrons. The highest BCUT2D eigenvalue weighted by Crippen LogP contribution is 2.69. The number of carbonyl (C=O) groups is 3. The number of para-hydroxylation sites is 1. The molecule has 3 saturated heterocycles. The third-order valence-electron chi connectivity index (χ3n) is 8.42. The summed E-state index contributed by atoms with van der Waals surface area (Å²) in [6, 6.07) is 4.01. The fraction of sp³-hybridized carbons (Fsp3) is 0.567. The quantitative estimate of drug-likeness (QED) is 0.306. The standard InChI is InChI=1S/C30H39ClN2O5S/c1-7-12-32(25-18(5)10-9-11-21(25)31)28(36)26-30-19(6)15-22(39-30)23(29(37)38-13-8-2)24(30)27(35)33(26)20(16-34)14-17(3)4/h7-11,17,19-20,22-24,26,34H,1-2,12-16H2,3-6H3/t19?,20-,22-,23+,24+,26?,30?/m1/s1. The molecule has 7 nitrogen and oxygen atoms in total.